The molecule has 0 atom stereocenters. The number of aryl methyl sites for hydroxylation is 1. The Balaban J connectivity index is 1.48. The standard InChI is InChI=1S/C25H26N4O4S/c1-17-8-9-20(31-2)22-23(17)34-25(26-22)29(11-10-28-12-14-32-15-13-28)24(30)19-16-21(33-27-19)18-6-4-3-5-7-18/h3-9,16H,10-15H2,1-2H3. The molecule has 8 nitrogen and oxygen atoms in total. The van der Waals surface area contributed by atoms with Gasteiger partial charge in [0.1, 0.15) is 11.3 Å². The summed E-state index contributed by atoms with van der Waals surface area (Å²) < 4.78 is 17.5. The summed E-state index contributed by atoms with van der Waals surface area (Å²) in [5.41, 5.74) is 2.97. The zero-order valence-corrected chi connectivity index (χ0v) is 20.0. The van der Waals surface area contributed by atoms with Gasteiger partial charge in [-0.15, -0.1) is 0 Å². The highest BCUT2D eigenvalue weighted by Gasteiger charge is 2.26. The van der Waals surface area contributed by atoms with E-state index in [1.54, 1.807) is 18.1 Å². The second-order valence-electron chi connectivity index (χ2n) is 8.11. The molecule has 0 spiro atoms. The molecule has 4 aromatic rings. The molecule has 1 saturated heterocycles. The molecule has 9 heteroatoms. The molecule has 0 bridgehead atoms. The van der Waals surface area contributed by atoms with Gasteiger partial charge in [0.25, 0.3) is 5.91 Å². The largest absolute Gasteiger partial charge is 0.494 e. The lowest BCUT2D eigenvalue weighted by Gasteiger charge is -2.28. The Bertz CT molecular complexity index is 1280. The van der Waals surface area contributed by atoms with Crippen molar-refractivity contribution < 1.29 is 18.8 Å². The van der Waals surface area contributed by atoms with E-state index in [2.05, 4.69) is 10.1 Å². The SMILES string of the molecule is COc1ccc(C)c2sc(N(CCN3CCOCC3)C(=O)c3cc(-c4ccccc4)on3)nc12. The first-order valence-corrected chi connectivity index (χ1v) is 12.0. The van der Waals surface area contributed by atoms with Gasteiger partial charge in [0.15, 0.2) is 16.6 Å². The summed E-state index contributed by atoms with van der Waals surface area (Å²) in [4.78, 5) is 22.5. The van der Waals surface area contributed by atoms with Gasteiger partial charge in [0.05, 0.1) is 25.0 Å². The van der Waals surface area contributed by atoms with Crippen LogP contribution in [0.15, 0.2) is 53.1 Å². The van der Waals surface area contributed by atoms with E-state index in [0.717, 1.165) is 34.4 Å². The Kier molecular flexibility index (Phi) is 6.57. The summed E-state index contributed by atoms with van der Waals surface area (Å²) in [7, 11) is 1.63. The molecular formula is C25H26N4O4S. The van der Waals surface area contributed by atoms with E-state index >= 15 is 0 Å². The molecule has 3 heterocycles. The van der Waals surface area contributed by atoms with Crippen molar-refractivity contribution in [1.29, 1.82) is 0 Å². The van der Waals surface area contributed by atoms with Gasteiger partial charge < -0.3 is 14.0 Å². The number of rotatable bonds is 7. The van der Waals surface area contributed by atoms with Gasteiger partial charge in [0.2, 0.25) is 0 Å². The Morgan fingerprint density at radius 3 is 2.74 bits per heavy atom. The van der Waals surface area contributed by atoms with E-state index in [1.807, 2.05) is 49.4 Å². The minimum atomic E-state index is -0.241. The van der Waals surface area contributed by atoms with E-state index in [1.165, 1.54) is 11.3 Å². The number of anilines is 1. The topological polar surface area (TPSA) is 80.9 Å². The number of hydrogen-bond acceptors (Lipinski definition) is 8. The summed E-state index contributed by atoms with van der Waals surface area (Å²) in [5.74, 6) is 1.00. The van der Waals surface area contributed by atoms with E-state index in [4.69, 9.17) is 19.0 Å². The molecule has 0 radical (unpaired) electrons. The number of amides is 1. The van der Waals surface area contributed by atoms with Crippen molar-refractivity contribution in [2.24, 2.45) is 0 Å². The van der Waals surface area contributed by atoms with Crippen LogP contribution in [0.3, 0.4) is 0 Å². The Hall–Kier alpha value is -3.27. The molecule has 5 rings (SSSR count). The van der Waals surface area contributed by atoms with Crippen molar-refractivity contribution in [1.82, 2.24) is 15.0 Å². The lowest BCUT2D eigenvalue weighted by molar-refractivity contribution is 0.0391. The fraction of sp³-hybridized carbons (Fsp3) is 0.320. The summed E-state index contributed by atoms with van der Waals surface area (Å²) in [5, 5.41) is 4.71. The molecule has 34 heavy (non-hydrogen) atoms. The van der Waals surface area contributed by atoms with Gasteiger partial charge >= 0.3 is 0 Å². The molecule has 2 aromatic carbocycles. The maximum absolute atomic E-state index is 13.7. The van der Waals surface area contributed by atoms with Gasteiger partial charge in [-0.25, -0.2) is 4.98 Å². The number of morpholine rings is 1. The third kappa shape index (κ3) is 4.54. The number of nitrogens with zero attached hydrogens (tertiary/aromatic N) is 4. The van der Waals surface area contributed by atoms with Crippen LogP contribution < -0.4 is 9.64 Å². The molecule has 1 aliphatic rings. The molecule has 1 fully saturated rings. The highest BCUT2D eigenvalue weighted by Crippen LogP contribution is 2.37. The minimum Gasteiger partial charge on any atom is -0.494 e. The second-order valence-corrected chi connectivity index (χ2v) is 9.09. The van der Waals surface area contributed by atoms with E-state index in [-0.39, 0.29) is 11.6 Å². The average molecular weight is 479 g/mol. The number of thiazole rings is 1. The zero-order valence-electron chi connectivity index (χ0n) is 19.2. The van der Waals surface area contributed by atoms with Crippen LogP contribution in [0.2, 0.25) is 0 Å². The lowest BCUT2D eigenvalue weighted by Crippen LogP contribution is -2.43. The number of methoxy groups -OCH3 is 1. The lowest BCUT2D eigenvalue weighted by atomic mass is 10.1. The zero-order chi connectivity index (χ0) is 23.5. The van der Waals surface area contributed by atoms with Crippen molar-refractivity contribution >= 4 is 32.6 Å². The number of ether oxygens (including phenoxy) is 2. The van der Waals surface area contributed by atoms with Crippen LogP contribution >= 0.6 is 11.3 Å². The second kappa shape index (κ2) is 9.92. The number of carbonyl (C=O) groups is 1. The summed E-state index contributed by atoms with van der Waals surface area (Å²) in [6, 6.07) is 15.2. The summed E-state index contributed by atoms with van der Waals surface area (Å²) in [6.07, 6.45) is 0. The van der Waals surface area contributed by atoms with E-state index < -0.39 is 0 Å². The van der Waals surface area contributed by atoms with Crippen molar-refractivity contribution in [3.05, 3.63) is 59.8 Å². The van der Waals surface area contributed by atoms with Crippen molar-refractivity contribution in [2.75, 3.05) is 51.4 Å². The van der Waals surface area contributed by atoms with Crippen molar-refractivity contribution in [2.45, 2.75) is 6.92 Å². The highest BCUT2D eigenvalue weighted by atomic mass is 32.1. The predicted octanol–water partition coefficient (Wildman–Crippen LogP) is 4.25. The third-order valence-corrected chi connectivity index (χ3v) is 7.13. The highest BCUT2D eigenvalue weighted by molar-refractivity contribution is 7.22. The molecule has 1 aliphatic heterocycles. The maximum atomic E-state index is 13.7. The number of hydrogen-bond donors (Lipinski definition) is 0. The van der Waals surface area contributed by atoms with Gasteiger partial charge in [-0.05, 0) is 18.6 Å². The van der Waals surface area contributed by atoms with Crippen LogP contribution in [0.4, 0.5) is 5.13 Å². The van der Waals surface area contributed by atoms with Crippen molar-refractivity contribution in [3.63, 3.8) is 0 Å². The van der Waals surface area contributed by atoms with Crippen LogP contribution in [-0.2, 0) is 4.74 Å². The molecule has 0 unspecified atom stereocenters. The number of fused-ring (bicyclic) bond motifs is 1. The number of carbonyl (C=O) groups excluding carboxylic acids is 1. The van der Waals surface area contributed by atoms with E-state index in [9.17, 15) is 4.79 Å². The molecule has 2 aromatic heterocycles. The van der Waals surface area contributed by atoms with Crippen LogP contribution in [0.25, 0.3) is 21.5 Å². The molecule has 1 amide bonds. The minimum absolute atomic E-state index is 0.241. The third-order valence-electron chi connectivity index (χ3n) is 5.92. The molecule has 0 N–H and O–H groups in total. The monoisotopic (exact) mass is 478 g/mol. The Morgan fingerprint density at radius 2 is 1.97 bits per heavy atom. The average Bonchev–Trinajstić information content (AvgIpc) is 3.54. The quantitative estimate of drug-likeness (QED) is 0.393. The number of benzene rings is 2. The van der Waals surface area contributed by atoms with Gasteiger partial charge in [-0.2, -0.15) is 0 Å². The van der Waals surface area contributed by atoms with Gasteiger partial charge in [-0.1, -0.05) is 52.9 Å². The Labute approximate surface area is 201 Å². The van der Waals surface area contributed by atoms with Crippen LogP contribution in [0.5, 0.6) is 5.75 Å². The first-order chi connectivity index (χ1) is 16.6. The molecular weight excluding hydrogens is 452 g/mol. The predicted molar refractivity (Wildman–Crippen MR) is 132 cm³/mol. The Morgan fingerprint density at radius 1 is 1.18 bits per heavy atom. The van der Waals surface area contributed by atoms with Crippen LogP contribution in [0, 0.1) is 6.92 Å². The normalized spacial score (nSPS) is 14.4. The van der Waals surface area contributed by atoms with E-state index in [0.29, 0.717) is 42.9 Å². The van der Waals surface area contributed by atoms with Crippen LogP contribution in [-0.4, -0.2) is 67.5 Å². The van der Waals surface area contributed by atoms with Gasteiger partial charge in [0, 0.05) is 37.8 Å². The van der Waals surface area contributed by atoms with Gasteiger partial charge in [-0.3, -0.25) is 14.6 Å². The van der Waals surface area contributed by atoms with Crippen molar-refractivity contribution in [3.8, 4) is 17.1 Å². The fourth-order valence-corrected chi connectivity index (χ4v) is 5.06. The fourth-order valence-electron chi connectivity index (χ4n) is 3.98. The smallest absolute Gasteiger partial charge is 0.282 e. The molecule has 0 saturated carbocycles. The molecule has 176 valence electrons. The summed E-state index contributed by atoms with van der Waals surface area (Å²) >= 11 is 1.49. The first kappa shape index (κ1) is 22.5. The molecule has 0 aliphatic carbocycles. The number of aromatic nitrogens is 2. The van der Waals surface area contributed by atoms with Crippen LogP contribution in [0.1, 0.15) is 16.1 Å². The maximum Gasteiger partial charge on any atom is 0.282 e. The summed E-state index contributed by atoms with van der Waals surface area (Å²) in [6.45, 7) is 6.32. The first-order valence-electron chi connectivity index (χ1n) is 11.2.